The second kappa shape index (κ2) is 6.36. The molecule has 1 aromatic rings. The minimum atomic E-state index is -4.51. The third-order valence-electron chi connectivity index (χ3n) is 2.53. The molecular formula is C12H13F3N2O3. The number of pyridine rings is 1. The Balaban J connectivity index is 2.88. The van der Waals surface area contributed by atoms with E-state index in [1.165, 1.54) is 7.11 Å². The first kappa shape index (κ1) is 15.9. The van der Waals surface area contributed by atoms with Gasteiger partial charge in [0.25, 0.3) is 5.91 Å². The average molecular weight is 290 g/mol. The Morgan fingerprint density at radius 3 is 2.40 bits per heavy atom. The van der Waals surface area contributed by atoms with Gasteiger partial charge in [-0.3, -0.25) is 14.6 Å². The fourth-order valence-corrected chi connectivity index (χ4v) is 1.40. The first-order valence-electron chi connectivity index (χ1n) is 5.69. The molecule has 0 aliphatic rings. The van der Waals surface area contributed by atoms with E-state index in [1.807, 2.05) is 0 Å². The fourth-order valence-electron chi connectivity index (χ4n) is 1.40. The highest BCUT2D eigenvalue weighted by atomic mass is 19.4. The summed E-state index contributed by atoms with van der Waals surface area (Å²) in [5.41, 5.74) is -1.10. The van der Waals surface area contributed by atoms with Gasteiger partial charge in [0, 0.05) is 12.7 Å². The Morgan fingerprint density at radius 2 is 2.00 bits per heavy atom. The Morgan fingerprint density at radius 1 is 1.35 bits per heavy atom. The van der Waals surface area contributed by atoms with Crippen LogP contribution in [0.25, 0.3) is 0 Å². The number of carbonyl (C=O) groups is 2. The lowest BCUT2D eigenvalue weighted by atomic mass is 10.2. The number of rotatable bonds is 4. The van der Waals surface area contributed by atoms with Crippen LogP contribution in [0.3, 0.4) is 0 Å². The maximum absolute atomic E-state index is 12.4. The van der Waals surface area contributed by atoms with Crippen LogP contribution in [0.1, 0.15) is 23.0 Å². The van der Waals surface area contributed by atoms with Crippen molar-refractivity contribution in [2.24, 2.45) is 0 Å². The van der Waals surface area contributed by atoms with Gasteiger partial charge in [-0.2, -0.15) is 13.2 Å². The van der Waals surface area contributed by atoms with Crippen LogP contribution in [-0.2, 0) is 15.7 Å². The van der Waals surface area contributed by atoms with Crippen molar-refractivity contribution in [3.8, 4) is 0 Å². The summed E-state index contributed by atoms with van der Waals surface area (Å²) in [6, 6.07) is 1.75. The molecule has 1 rings (SSSR count). The summed E-state index contributed by atoms with van der Waals surface area (Å²) in [4.78, 5) is 27.7. The van der Waals surface area contributed by atoms with Crippen molar-refractivity contribution in [2.75, 3.05) is 20.2 Å². The number of halogens is 3. The predicted molar refractivity (Wildman–Crippen MR) is 62.8 cm³/mol. The Hall–Kier alpha value is -2.12. The summed E-state index contributed by atoms with van der Waals surface area (Å²) < 4.78 is 41.5. The number of hydrogen-bond acceptors (Lipinski definition) is 4. The maximum Gasteiger partial charge on any atom is 0.417 e. The van der Waals surface area contributed by atoms with E-state index in [4.69, 9.17) is 0 Å². The number of esters is 1. The van der Waals surface area contributed by atoms with Crippen LogP contribution in [0.2, 0.25) is 0 Å². The third kappa shape index (κ3) is 3.94. The van der Waals surface area contributed by atoms with E-state index in [0.717, 1.165) is 17.0 Å². The molecule has 8 heteroatoms. The van der Waals surface area contributed by atoms with Crippen molar-refractivity contribution < 1.29 is 27.5 Å². The van der Waals surface area contributed by atoms with Gasteiger partial charge in [-0.15, -0.1) is 0 Å². The van der Waals surface area contributed by atoms with Gasteiger partial charge in [-0.05, 0) is 19.1 Å². The molecule has 5 nitrogen and oxygen atoms in total. The lowest BCUT2D eigenvalue weighted by molar-refractivity contribution is -0.141. The van der Waals surface area contributed by atoms with Crippen LogP contribution in [0, 0.1) is 0 Å². The van der Waals surface area contributed by atoms with Crippen molar-refractivity contribution in [1.29, 1.82) is 0 Å². The molecule has 0 atom stereocenters. The van der Waals surface area contributed by atoms with Gasteiger partial charge < -0.3 is 9.64 Å². The van der Waals surface area contributed by atoms with E-state index in [-0.39, 0.29) is 18.8 Å². The molecule has 0 saturated carbocycles. The molecule has 1 aromatic heterocycles. The van der Waals surface area contributed by atoms with E-state index in [2.05, 4.69) is 9.72 Å². The van der Waals surface area contributed by atoms with Crippen LogP contribution in [0.5, 0.6) is 0 Å². The summed E-state index contributed by atoms with van der Waals surface area (Å²) in [7, 11) is 1.18. The molecule has 0 bridgehead atoms. The van der Waals surface area contributed by atoms with Crippen molar-refractivity contribution >= 4 is 11.9 Å². The molecule has 1 heterocycles. The lowest BCUT2D eigenvalue weighted by Crippen LogP contribution is -2.36. The van der Waals surface area contributed by atoms with Crippen LogP contribution in [0.4, 0.5) is 13.2 Å². The van der Waals surface area contributed by atoms with Crippen molar-refractivity contribution in [3.63, 3.8) is 0 Å². The topological polar surface area (TPSA) is 59.5 Å². The molecule has 0 aliphatic heterocycles. The van der Waals surface area contributed by atoms with Gasteiger partial charge in [-0.1, -0.05) is 0 Å². The van der Waals surface area contributed by atoms with Crippen LogP contribution >= 0.6 is 0 Å². The molecule has 0 saturated heterocycles. The summed E-state index contributed by atoms with van der Waals surface area (Å²) in [5.74, 6) is -1.25. The first-order chi connectivity index (χ1) is 9.29. The van der Waals surface area contributed by atoms with E-state index in [0.29, 0.717) is 6.20 Å². The van der Waals surface area contributed by atoms with Crippen molar-refractivity contribution in [1.82, 2.24) is 9.88 Å². The standard InChI is InChI=1S/C12H13F3N2O3/c1-3-17(7-10(18)20-2)11(19)9-5-4-8(6-16-9)12(13,14)15/h4-6H,3,7H2,1-2H3. The number of hydrogen-bond donors (Lipinski definition) is 0. The van der Waals surface area contributed by atoms with E-state index in [9.17, 15) is 22.8 Å². The largest absolute Gasteiger partial charge is 0.468 e. The van der Waals surface area contributed by atoms with Crippen LogP contribution in [0.15, 0.2) is 18.3 Å². The van der Waals surface area contributed by atoms with Crippen molar-refractivity contribution in [2.45, 2.75) is 13.1 Å². The molecular weight excluding hydrogens is 277 g/mol. The Kier molecular flexibility index (Phi) is 5.06. The highest BCUT2D eigenvalue weighted by molar-refractivity contribution is 5.94. The van der Waals surface area contributed by atoms with E-state index < -0.39 is 23.6 Å². The highest BCUT2D eigenvalue weighted by Crippen LogP contribution is 2.28. The predicted octanol–water partition coefficient (Wildman–Crippen LogP) is 1.74. The lowest BCUT2D eigenvalue weighted by Gasteiger charge is -2.19. The number of ether oxygens (including phenoxy) is 1. The van der Waals surface area contributed by atoms with Gasteiger partial charge in [0.1, 0.15) is 12.2 Å². The second-order valence-corrected chi connectivity index (χ2v) is 3.83. The highest BCUT2D eigenvalue weighted by Gasteiger charge is 2.31. The Bertz CT molecular complexity index is 486. The molecule has 20 heavy (non-hydrogen) atoms. The normalized spacial score (nSPS) is 11.1. The smallest absolute Gasteiger partial charge is 0.417 e. The summed E-state index contributed by atoms with van der Waals surface area (Å²) in [5, 5.41) is 0. The van der Waals surface area contributed by atoms with Gasteiger partial charge in [0.05, 0.1) is 12.7 Å². The number of alkyl halides is 3. The Labute approximate surface area is 113 Å². The van der Waals surface area contributed by atoms with Gasteiger partial charge in [0.2, 0.25) is 0 Å². The van der Waals surface area contributed by atoms with Gasteiger partial charge in [0.15, 0.2) is 0 Å². The number of amides is 1. The van der Waals surface area contributed by atoms with Crippen molar-refractivity contribution in [3.05, 3.63) is 29.6 Å². The molecule has 110 valence electrons. The molecule has 0 aromatic carbocycles. The van der Waals surface area contributed by atoms with Gasteiger partial charge >= 0.3 is 12.1 Å². The second-order valence-electron chi connectivity index (χ2n) is 3.83. The zero-order valence-corrected chi connectivity index (χ0v) is 10.9. The minimum Gasteiger partial charge on any atom is -0.468 e. The number of likely N-dealkylation sites (N-methyl/N-ethyl adjacent to an activating group) is 1. The zero-order chi connectivity index (χ0) is 15.3. The maximum atomic E-state index is 12.4. The summed E-state index contributed by atoms with van der Waals surface area (Å²) >= 11 is 0. The molecule has 0 spiro atoms. The number of aromatic nitrogens is 1. The number of carbonyl (C=O) groups excluding carboxylic acids is 2. The first-order valence-corrected chi connectivity index (χ1v) is 5.69. The van der Waals surface area contributed by atoms with E-state index >= 15 is 0 Å². The van der Waals surface area contributed by atoms with Gasteiger partial charge in [-0.25, -0.2) is 0 Å². The molecule has 1 amide bonds. The summed E-state index contributed by atoms with van der Waals surface area (Å²) in [6.45, 7) is 1.55. The average Bonchev–Trinajstić information content (AvgIpc) is 2.42. The summed E-state index contributed by atoms with van der Waals surface area (Å²) in [6.07, 6.45) is -3.93. The molecule has 0 unspecified atom stereocenters. The SMILES string of the molecule is CCN(CC(=O)OC)C(=O)c1ccc(C(F)(F)F)cn1. The molecule has 0 aliphatic carbocycles. The monoisotopic (exact) mass is 290 g/mol. The minimum absolute atomic E-state index is 0.163. The van der Waals surface area contributed by atoms with E-state index in [1.54, 1.807) is 6.92 Å². The molecule has 0 N–H and O–H groups in total. The molecule has 0 radical (unpaired) electrons. The molecule has 0 fully saturated rings. The number of methoxy groups -OCH3 is 1. The quantitative estimate of drug-likeness (QED) is 0.792. The van der Waals surface area contributed by atoms with Crippen LogP contribution < -0.4 is 0 Å². The third-order valence-corrected chi connectivity index (χ3v) is 2.53. The number of nitrogens with zero attached hydrogens (tertiary/aromatic N) is 2. The fraction of sp³-hybridized carbons (Fsp3) is 0.417. The zero-order valence-electron chi connectivity index (χ0n) is 10.9. The van der Waals surface area contributed by atoms with Crippen LogP contribution in [-0.4, -0.2) is 42.0 Å².